The van der Waals surface area contributed by atoms with Crippen molar-refractivity contribution in [3.63, 3.8) is 0 Å². The summed E-state index contributed by atoms with van der Waals surface area (Å²) in [7, 11) is 1.49. The van der Waals surface area contributed by atoms with Crippen molar-refractivity contribution in [3.8, 4) is 0 Å². The summed E-state index contributed by atoms with van der Waals surface area (Å²) in [6.45, 7) is 13.5. The number of benzene rings is 2. The fraction of sp³-hybridized carbons (Fsp3) is 0.541. The van der Waals surface area contributed by atoms with Gasteiger partial charge in [0.2, 0.25) is 17.6 Å². The lowest BCUT2D eigenvalue weighted by molar-refractivity contribution is -0.146. The van der Waals surface area contributed by atoms with Crippen molar-refractivity contribution in [1.29, 1.82) is 0 Å². The van der Waals surface area contributed by atoms with Crippen molar-refractivity contribution in [3.05, 3.63) is 71.8 Å². The molecule has 4 amide bonds. The average molecular weight is 649 g/mol. The van der Waals surface area contributed by atoms with Crippen LogP contribution in [0.2, 0.25) is 0 Å². The molecule has 3 atom stereocenters. The van der Waals surface area contributed by atoms with Crippen molar-refractivity contribution < 1.29 is 28.7 Å². The minimum atomic E-state index is -0.890. The van der Waals surface area contributed by atoms with E-state index in [1.165, 1.54) is 11.9 Å². The fourth-order valence-corrected chi connectivity index (χ4v) is 5.53. The number of likely N-dealkylation sites (tertiary alicyclic amines) is 1. The highest BCUT2D eigenvalue weighted by atomic mass is 16.6. The summed E-state index contributed by atoms with van der Waals surface area (Å²) in [6, 6.07) is 16.8. The smallest absolute Gasteiger partial charge is 0.410 e. The van der Waals surface area contributed by atoms with E-state index in [1.807, 2.05) is 81.4 Å². The molecule has 10 heteroatoms. The van der Waals surface area contributed by atoms with Crippen LogP contribution in [-0.4, -0.2) is 94.7 Å². The molecule has 0 unspecified atom stereocenters. The van der Waals surface area contributed by atoms with Gasteiger partial charge in [-0.25, -0.2) is 4.79 Å². The van der Waals surface area contributed by atoms with Gasteiger partial charge in [-0.1, -0.05) is 81.4 Å². The van der Waals surface area contributed by atoms with Gasteiger partial charge in [0.1, 0.15) is 17.7 Å². The van der Waals surface area contributed by atoms with E-state index in [-0.39, 0.29) is 24.9 Å². The van der Waals surface area contributed by atoms with E-state index >= 15 is 0 Å². The Hall–Kier alpha value is -4.21. The largest absolute Gasteiger partial charge is 0.444 e. The Morgan fingerprint density at radius 1 is 0.915 bits per heavy atom. The van der Waals surface area contributed by atoms with Crippen LogP contribution in [0.4, 0.5) is 4.79 Å². The quantitative estimate of drug-likeness (QED) is 0.335. The zero-order valence-electron chi connectivity index (χ0n) is 29.2. The minimum absolute atomic E-state index is 0.00285. The molecule has 1 aliphatic rings. The molecule has 10 nitrogen and oxygen atoms in total. The number of ketones is 1. The lowest BCUT2D eigenvalue weighted by Crippen LogP contribution is -2.60. The molecule has 1 aliphatic heterocycles. The maximum Gasteiger partial charge on any atom is 0.410 e. The Labute approximate surface area is 279 Å². The van der Waals surface area contributed by atoms with Gasteiger partial charge in [-0.05, 0) is 63.5 Å². The van der Waals surface area contributed by atoms with Crippen LogP contribution in [0.25, 0.3) is 0 Å². The number of ether oxygens (including phenoxy) is 1. The van der Waals surface area contributed by atoms with Gasteiger partial charge in [0.25, 0.3) is 5.91 Å². The first-order chi connectivity index (χ1) is 22.0. The topological polar surface area (TPSA) is 116 Å². The Morgan fingerprint density at radius 3 is 2.04 bits per heavy atom. The van der Waals surface area contributed by atoms with Crippen LogP contribution in [0, 0.1) is 5.41 Å². The molecule has 2 aromatic carbocycles. The summed E-state index contributed by atoms with van der Waals surface area (Å²) in [5.41, 5.74) is 0.431. The molecule has 1 fully saturated rings. The van der Waals surface area contributed by atoms with Gasteiger partial charge < -0.3 is 19.9 Å². The third-order valence-electron chi connectivity index (χ3n) is 8.38. The first-order valence-electron chi connectivity index (χ1n) is 16.4. The molecule has 1 heterocycles. The molecule has 1 N–H and O–H groups in total. The number of Topliss-reactive ketones (excluding diaryl/α,β-unsaturated/α-hetero) is 1. The van der Waals surface area contributed by atoms with Gasteiger partial charge in [-0.3, -0.25) is 24.1 Å². The monoisotopic (exact) mass is 648 g/mol. The number of carbonyl (C=O) groups excluding carboxylic acids is 5. The van der Waals surface area contributed by atoms with Crippen molar-refractivity contribution in [2.45, 2.75) is 97.9 Å². The summed E-state index contributed by atoms with van der Waals surface area (Å²) in [5, 5.41) is 2.91. The van der Waals surface area contributed by atoms with Gasteiger partial charge in [-0.15, -0.1) is 0 Å². The normalized spacial score (nSPS) is 16.2. The van der Waals surface area contributed by atoms with Crippen LogP contribution < -0.4 is 5.32 Å². The third kappa shape index (κ3) is 10.9. The van der Waals surface area contributed by atoms with Gasteiger partial charge in [0, 0.05) is 39.1 Å². The van der Waals surface area contributed by atoms with Crippen molar-refractivity contribution in [2.24, 2.45) is 5.41 Å². The maximum atomic E-state index is 14.2. The second-order valence-electron chi connectivity index (χ2n) is 14.5. The Bertz CT molecular complexity index is 1380. The molecule has 0 bridgehead atoms. The predicted molar refractivity (Wildman–Crippen MR) is 181 cm³/mol. The van der Waals surface area contributed by atoms with Crippen molar-refractivity contribution in [2.75, 3.05) is 26.7 Å². The zero-order chi connectivity index (χ0) is 34.9. The molecule has 0 aliphatic carbocycles. The summed E-state index contributed by atoms with van der Waals surface area (Å²) in [5.74, 6) is -1.80. The third-order valence-corrected chi connectivity index (χ3v) is 8.38. The van der Waals surface area contributed by atoms with Crippen LogP contribution in [0.5, 0.6) is 0 Å². The van der Waals surface area contributed by atoms with E-state index in [0.29, 0.717) is 25.9 Å². The molecule has 0 spiro atoms. The van der Waals surface area contributed by atoms with Crippen LogP contribution in [0.1, 0.15) is 72.4 Å². The fourth-order valence-electron chi connectivity index (χ4n) is 5.53. The lowest BCUT2D eigenvalue weighted by Gasteiger charge is -2.38. The van der Waals surface area contributed by atoms with E-state index in [1.54, 1.807) is 37.5 Å². The van der Waals surface area contributed by atoms with Crippen LogP contribution in [0.15, 0.2) is 60.7 Å². The molecule has 2 aromatic rings. The Kier molecular flexibility index (Phi) is 12.7. The highest BCUT2D eigenvalue weighted by Crippen LogP contribution is 2.27. The summed E-state index contributed by atoms with van der Waals surface area (Å²) in [6.07, 6.45) is 1.33. The molecular weight excluding hydrogens is 596 g/mol. The molecule has 0 saturated carbocycles. The number of amides is 4. The zero-order valence-corrected chi connectivity index (χ0v) is 29.2. The summed E-state index contributed by atoms with van der Waals surface area (Å²) in [4.78, 5) is 71.6. The average Bonchev–Trinajstić information content (AvgIpc) is 3.48. The Morgan fingerprint density at radius 2 is 1.49 bits per heavy atom. The number of nitrogens with zero attached hydrogens (tertiary/aromatic N) is 3. The summed E-state index contributed by atoms with van der Waals surface area (Å²) < 4.78 is 5.42. The molecule has 0 radical (unpaired) electrons. The Balaban J connectivity index is 1.78. The molecule has 3 rings (SSSR count). The lowest BCUT2D eigenvalue weighted by atomic mass is 9.85. The number of carbonyl (C=O) groups is 5. The van der Waals surface area contributed by atoms with E-state index in [0.717, 1.165) is 17.5 Å². The maximum absolute atomic E-state index is 14.2. The molecular formula is C37H52N4O6. The first-order valence-corrected chi connectivity index (χ1v) is 16.4. The van der Waals surface area contributed by atoms with Crippen LogP contribution in [-0.2, 0) is 36.8 Å². The molecule has 1 saturated heterocycles. The SMILES string of the molecule is C[C@@H](C(=O)N[C@H](C(=O)N1CCC[C@H]1CN(CCc1ccccc1)C(=O)C(=O)Cc1ccccc1)C(C)(C)C)N(C)C(=O)OC(C)(C)C. The van der Waals surface area contributed by atoms with Crippen molar-refractivity contribution in [1.82, 2.24) is 20.0 Å². The number of hydrogen-bond acceptors (Lipinski definition) is 6. The number of rotatable bonds is 12. The number of hydrogen-bond donors (Lipinski definition) is 1. The molecule has 0 aromatic heterocycles. The number of nitrogens with one attached hydrogen (secondary N) is 1. The van der Waals surface area contributed by atoms with E-state index in [2.05, 4.69) is 5.32 Å². The van der Waals surface area contributed by atoms with Gasteiger partial charge in [0.15, 0.2) is 0 Å². The summed E-state index contributed by atoms with van der Waals surface area (Å²) >= 11 is 0. The van der Waals surface area contributed by atoms with Gasteiger partial charge >= 0.3 is 6.09 Å². The molecule has 256 valence electrons. The van der Waals surface area contributed by atoms with Gasteiger partial charge in [-0.2, -0.15) is 0 Å². The second kappa shape index (κ2) is 16.1. The predicted octanol–water partition coefficient (Wildman–Crippen LogP) is 4.65. The van der Waals surface area contributed by atoms with E-state index < -0.39 is 46.8 Å². The highest BCUT2D eigenvalue weighted by Gasteiger charge is 2.42. The molecule has 47 heavy (non-hydrogen) atoms. The van der Waals surface area contributed by atoms with E-state index in [4.69, 9.17) is 4.74 Å². The standard InChI is InChI=1S/C37H52N4O6/c1-26(39(8)35(46)47-37(5,6)7)32(43)38-31(36(2,3)4)34(45)41-22-15-20-29(41)25-40(23-21-27-16-11-9-12-17-27)33(44)30(42)24-28-18-13-10-14-19-28/h9-14,16-19,26,29,31H,15,20-25H2,1-8H3,(H,38,43)/t26-,29-,31+/m0/s1. The van der Waals surface area contributed by atoms with Crippen LogP contribution >= 0.6 is 0 Å². The minimum Gasteiger partial charge on any atom is -0.444 e. The van der Waals surface area contributed by atoms with Crippen LogP contribution in [0.3, 0.4) is 0 Å². The van der Waals surface area contributed by atoms with E-state index in [9.17, 15) is 24.0 Å². The second-order valence-corrected chi connectivity index (χ2v) is 14.5. The first kappa shape index (κ1) is 37.2. The number of likely N-dealkylation sites (N-methyl/N-ethyl adjacent to an activating group) is 1. The van der Waals surface area contributed by atoms with Crippen molar-refractivity contribution >= 4 is 29.6 Å². The van der Waals surface area contributed by atoms with Gasteiger partial charge in [0.05, 0.1) is 0 Å². The highest BCUT2D eigenvalue weighted by molar-refractivity contribution is 6.36.